The van der Waals surface area contributed by atoms with Gasteiger partial charge >= 0.3 is 0 Å². The molecule has 0 aliphatic carbocycles. The minimum Gasteiger partial charge on any atom is -0.487 e. The molecule has 3 rings (SSSR count). The molecule has 7 heteroatoms. The number of ether oxygens (including phenoxy) is 1. The van der Waals surface area contributed by atoms with Crippen LogP contribution < -0.4 is 15.4 Å². The molecule has 0 fully saturated rings. The summed E-state index contributed by atoms with van der Waals surface area (Å²) in [5, 5.41) is 7.40. The van der Waals surface area contributed by atoms with E-state index < -0.39 is 0 Å². The van der Waals surface area contributed by atoms with Crippen molar-refractivity contribution in [2.24, 2.45) is 0 Å². The van der Waals surface area contributed by atoms with Crippen LogP contribution in [0.5, 0.6) is 5.75 Å². The van der Waals surface area contributed by atoms with Gasteiger partial charge in [0.1, 0.15) is 0 Å². The Hall–Kier alpha value is -3.19. The molecule has 0 atom stereocenters. The minimum absolute atomic E-state index is 0.0314. The summed E-state index contributed by atoms with van der Waals surface area (Å²) in [6.45, 7) is 3.81. The van der Waals surface area contributed by atoms with Crippen LogP contribution in [0.3, 0.4) is 0 Å². The third-order valence-electron chi connectivity index (χ3n) is 3.52. The third kappa shape index (κ3) is 4.92. The number of hydrogen-bond acceptors (Lipinski definition) is 5. The van der Waals surface area contributed by atoms with Crippen molar-refractivity contribution < 1.29 is 14.3 Å². The maximum absolute atomic E-state index is 12.5. The van der Waals surface area contributed by atoms with Gasteiger partial charge in [-0.25, -0.2) is 4.98 Å². The lowest BCUT2D eigenvalue weighted by atomic mass is 10.2. The molecule has 0 bridgehead atoms. The molecule has 0 aliphatic rings. The highest BCUT2D eigenvalue weighted by atomic mass is 32.1. The molecule has 2 amide bonds. The lowest BCUT2D eigenvalue weighted by Crippen LogP contribution is -2.16. The SMILES string of the molecule is CC(C)Oc1cccnc1NC(=O)c1ccc(NC(=O)c2cccs2)cc1. The number of hydrogen-bond donors (Lipinski definition) is 2. The Morgan fingerprint density at radius 3 is 2.44 bits per heavy atom. The van der Waals surface area contributed by atoms with E-state index in [1.54, 1.807) is 48.7 Å². The Morgan fingerprint density at radius 2 is 1.78 bits per heavy atom. The second kappa shape index (κ2) is 8.46. The van der Waals surface area contributed by atoms with Crippen molar-refractivity contribution in [3.05, 3.63) is 70.5 Å². The normalized spacial score (nSPS) is 10.5. The van der Waals surface area contributed by atoms with Gasteiger partial charge in [0.15, 0.2) is 11.6 Å². The lowest BCUT2D eigenvalue weighted by Gasteiger charge is -2.13. The van der Waals surface area contributed by atoms with Crippen LogP contribution in [0.1, 0.15) is 33.9 Å². The topological polar surface area (TPSA) is 80.3 Å². The molecule has 2 N–H and O–H groups in total. The van der Waals surface area contributed by atoms with Crippen LogP contribution >= 0.6 is 11.3 Å². The van der Waals surface area contributed by atoms with Gasteiger partial charge in [-0.15, -0.1) is 11.3 Å². The Kier molecular flexibility index (Phi) is 5.83. The first-order chi connectivity index (χ1) is 13.0. The maximum atomic E-state index is 12.5. The van der Waals surface area contributed by atoms with Crippen molar-refractivity contribution in [1.29, 1.82) is 0 Å². The first-order valence-electron chi connectivity index (χ1n) is 8.41. The lowest BCUT2D eigenvalue weighted by molar-refractivity contribution is 0.102. The molecular formula is C20H19N3O3S. The molecule has 6 nitrogen and oxygen atoms in total. The van der Waals surface area contributed by atoms with Crippen LogP contribution in [0, 0.1) is 0 Å². The summed E-state index contributed by atoms with van der Waals surface area (Å²) in [5.74, 6) is 0.400. The molecule has 0 radical (unpaired) electrons. The number of pyridine rings is 1. The highest BCUT2D eigenvalue weighted by molar-refractivity contribution is 7.12. The van der Waals surface area contributed by atoms with Crippen LogP contribution in [0.2, 0.25) is 0 Å². The van der Waals surface area contributed by atoms with Gasteiger partial charge < -0.3 is 15.4 Å². The zero-order valence-electron chi connectivity index (χ0n) is 14.9. The van der Waals surface area contributed by atoms with E-state index in [2.05, 4.69) is 15.6 Å². The zero-order valence-corrected chi connectivity index (χ0v) is 15.7. The van der Waals surface area contributed by atoms with Crippen molar-refractivity contribution in [2.75, 3.05) is 10.6 Å². The summed E-state index contributed by atoms with van der Waals surface area (Å²) in [6, 6.07) is 13.7. The van der Waals surface area contributed by atoms with Gasteiger partial charge in [-0.2, -0.15) is 0 Å². The summed E-state index contributed by atoms with van der Waals surface area (Å²) in [5.41, 5.74) is 1.07. The molecule has 2 aromatic heterocycles. The number of anilines is 2. The molecule has 0 saturated carbocycles. The van der Waals surface area contributed by atoms with E-state index in [1.165, 1.54) is 11.3 Å². The number of rotatable bonds is 6. The number of carbonyl (C=O) groups excluding carboxylic acids is 2. The van der Waals surface area contributed by atoms with E-state index in [9.17, 15) is 9.59 Å². The van der Waals surface area contributed by atoms with Crippen LogP contribution in [-0.2, 0) is 0 Å². The predicted molar refractivity (Wildman–Crippen MR) is 107 cm³/mol. The third-order valence-corrected chi connectivity index (χ3v) is 4.38. The minimum atomic E-state index is -0.307. The monoisotopic (exact) mass is 381 g/mol. The Balaban J connectivity index is 1.67. The molecule has 138 valence electrons. The van der Waals surface area contributed by atoms with E-state index in [1.807, 2.05) is 25.3 Å². The molecule has 27 heavy (non-hydrogen) atoms. The largest absolute Gasteiger partial charge is 0.487 e. The number of benzene rings is 1. The highest BCUT2D eigenvalue weighted by Gasteiger charge is 2.13. The second-order valence-electron chi connectivity index (χ2n) is 5.98. The molecule has 3 aromatic rings. The molecule has 0 spiro atoms. The smallest absolute Gasteiger partial charge is 0.265 e. The summed E-state index contributed by atoms with van der Waals surface area (Å²) in [7, 11) is 0. The van der Waals surface area contributed by atoms with Crippen molar-refractivity contribution in [3.63, 3.8) is 0 Å². The summed E-state index contributed by atoms with van der Waals surface area (Å²) in [4.78, 5) is 29.3. The average Bonchev–Trinajstić information content (AvgIpc) is 3.18. The van der Waals surface area contributed by atoms with Crippen molar-refractivity contribution >= 4 is 34.7 Å². The van der Waals surface area contributed by atoms with Gasteiger partial charge in [-0.1, -0.05) is 6.07 Å². The van der Waals surface area contributed by atoms with E-state index in [0.717, 1.165) is 0 Å². The van der Waals surface area contributed by atoms with Gasteiger partial charge in [0.05, 0.1) is 11.0 Å². The molecule has 0 unspecified atom stereocenters. The molecular weight excluding hydrogens is 362 g/mol. The molecule has 0 saturated heterocycles. The highest BCUT2D eigenvalue weighted by Crippen LogP contribution is 2.23. The van der Waals surface area contributed by atoms with Crippen LogP contribution in [0.4, 0.5) is 11.5 Å². The second-order valence-corrected chi connectivity index (χ2v) is 6.93. The summed E-state index contributed by atoms with van der Waals surface area (Å²) >= 11 is 1.37. The van der Waals surface area contributed by atoms with Crippen LogP contribution in [0.15, 0.2) is 60.1 Å². The van der Waals surface area contributed by atoms with E-state index in [4.69, 9.17) is 4.74 Å². The predicted octanol–water partition coefficient (Wildman–Crippen LogP) is 4.43. The van der Waals surface area contributed by atoms with Crippen LogP contribution in [0.25, 0.3) is 0 Å². The van der Waals surface area contributed by atoms with Crippen LogP contribution in [-0.4, -0.2) is 22.9 Å². The number of aromatic nitrogens is 1. The molecule has 2 heterocycles. The van der Waals surface area contributed by atoms with E-state index in [0.29, 0.717) is 27.7 Å². The van der Waals surface area contributed by atoms with Gasteiger partial charge in [0.25, 0.3) is 11.8 Å². The number of carbonyl (C=O) groups is 2. The summed E-state index contributed by atoms with van der Waals surface area (Å²) in [6.07, 6.45) is 1.56. The Labute approximate surface area is 161 Å². The maximum Gasteiger partial charge on any atom is 0.265 e. The van der Waals surface area contributed by atoms with Gasteiger partial charge in [0, 0.05) is 17.4 Å². The van der Waals surface area contributed by atoms with Gasteiger partial charge in [0.2, 0.25) is 0 Å². The Morgan fingerprint density at radius 1 is 1.00 bits per heavy atom. The average molecular weight is 381 g/mol. The fraction of sp³-hybridized carbons (Fsp3) is 0.150. The zero-order chi connectivity index (χ0) is 19.2. The van der Waals surface area contributed by atoms with Gasteiger partial charge in [-0.05, 0) is 61.7 Å². The van der Waals surface area contributed by atoms with Crippen molar-refractivity contribution in [3.8, 4) is 5.75 Å². The summed E-state index contributed by atoms with van der Waals surface area (Å²) < 4.78 is 5.66. The molecule has 1 aromatic carbocycles. The van der Waals surface area contributed by atoms with Gasteiger partial charge in [-0.3, -0.25) is 9.59 Å². The number of nitrogens with one attached hydrogen (secondary N) is 2. The number of amides is 2. The van der Waals surface area contributed by atoms with Crippen molar-refractivity contribution in [2.45, 2.75) is 20.0 Å². The number of thiophene rings is 1. The molecule has 0 aliphatic heterocycles. The fourth-order valence-corrected chi connectivity index (χ4v) is 2.94. The first-order valence-corrected chi connectivity index (χ1v) is 9.29. The standard InChI is InChI=1S/C20H19N3O3S/c1-13(2)26-16-5-3-11-21-18(16)23-19(24)14-7-9-15(10-8-14)22-20(25)17-6-4-12-27-17/h3-13H,1-2H3,(H,22,25)(H,21,23,24). The number of nitrogens with zero attached hydrogens (tertiary/aromatic N) is 1. The quantitative estimate of drug-likeness (QED) is 0.662. The van der Waals surface area contributed by atoms with Crippen molar-refractivity contribution in [1.82, 2.24) is 4.98 Å². The van der Waals surface area contributed by atoms with E-state index in [-0.39, 0.29) is 17.9 Å². The fourth-order valence-electron chi connectivity index (χ4n) is 2.32. The first kappa shape index (κ1) is 18.6. The Bertz CT molecular complexity index is 922. The van der Waals surface area contributed by atoms with E-state index >= 15 is 0 Å².